The summed E-state index contributed by atoms with van der Waals surface area (Å²) in [5.74, 6) is -0.176. The number of carbonyl (C=O) groups is 1. The Bertz CT molecular complexity index is 1200. The molecule has 1 spiro atoms. The molecule has 0 amide bonds. The van der Waals surface area contributed by atoms with Crippen LogP contribution >= 0.6 is 0 Å². The van der Waals surface area contributed by atoms with E-state index in [1.165, 1.54) is 6.92 Å². The van der Waals surface area contributed by atoms with Crippen molar-refractivity contribution in [1.29, 1.82) is 0 Å². The quantitative estimate of drug-likeness (QED) is 0.327. The SMILES string of the molecule is C/C=C1/[C@@H](O[C@H]2O[C@@H](CO)[C@H](O)[C@@H](O)[C@@H]2O)N2[C@@H]3C[C@@H]1[C@@H]1[C@@H]2CC2(C3=Nc3ccccc32)[C@H]1OC(C)=O. The van der Waals surface area contributed by atoms with Gasteiger partial charge in [-0.1, -0.05) is 24.3 Å². The number of hydrogen-bond acceptors (Lipinski definition) is 10. The van der Waals surface area contributed by atoms with Crippen LogP contribution in [0.4, 0.5) is 5.69 Å². The highest BCUT2D eigenvalue weighted by Crippen LogP contribution is 2.67. The number of rotatable bonds is 4. The van der Waals surface area contributed by atoms with Gasteiger partial charge in [0.15, 0.2) is 6.29 Å². The molecule has 1 aromatic carbocycles. The first kappa shape index (κ1) is 23.9. The van der Waals surface area contributed by atoms with E-state index >= 15 is 0 Å². The molecule has 6 aliphatic heterocycles. The van der Waals surface area contributed by atoms with E-state index in [-0.39, 0.29) is 36.0 Å². The summed E-state index contributed by atoms with van der Waals surface area (Å²) in [6.07, 6.45) is -4.07. The number of esters is 1. The molecule has 7 aliphatic rings. The van der Waals surface area contributed by atoms with E-state index in [9.17, 15) is 25.2 Å². The lowest BCUT2D eigenvalue weighted by Gasteiger charge is -2.59. The minimum absolute atomic E-state index is 0.0495. The summed E-state index contributed by atoms with van der Waals surface area (Å²) >= 11 is 0. The van der Waals surface area contributed by atoms with Gasteiger partial charge in [-0.3, -0.25) is 14.7 Å². The molecule has 37 heavy (non-hydrogen) atoms. The van der Waals surface area contributed by atoms with Crippen LogP contribution in [0.25, 0.3) is 0 Å². The molecule has 6 heterocycles. The van der Waals surface area contributed by atoms with Gasteiger partial charge in [-0.15, -0.1) is 0 Å². The van der Waals surface area contributed by atoms with Gasteiger partial charge in [0.05, 0.1) is 29.5 Å². The van der Waals surface area contributed by atoms with E-state index in [0.717, 1.165) is 35.4 Å². The predicted octanol–water partition coefficient (Wildman–Crippen LogP) is 0.137. The maximum atomic E-state index is 12.4. The number of aliphatic hydroxyl groups excluding tert-OH is 4. The van der Waals surface area contributed by atoms with Gasteiger partial charge in [-0.2, -0.15) is 0 Å². The topological polar surface area (TPSA) is 141 Å². The van der Waals surface area contributed by atoms with Crippen LogP contribution in [0.2, 0.25) is 0 Å². The maximum Gasteiger partial charge on any atom is 0.302 e. The number of aliphatic hydroxyl groups is 4. The van der Waals surface area contributed by atoms with Crippen LogP contribution in [0.1, 0.15) is 32.3 Å². The molecule has 2 unspecified atom stereocenters. The Labute approximate surface area is 214 Å². The summed E-state index contributed by atoms with van der Waals surface area (Å²) in [7, 11) is 0. The zero-order chi connectivity index (χ0) is 25.8. The van der Waals surface area contributed by atoms with Crippen LogP contribution in [-0.2, 0) is 24.4 Å². The minimum atomic E-state index is -1.52. The molecule has 4 N–H and O–H groups in total. The Morgan fingerprint density at radius 3 is 2.76 bits per heavy atom. The lowest BCUT2D eigenvalue weighted by atomic mass is 9.66. The molecule has 0 aromatic heterocycles. The maximum absolute atomic E-state index is 12.4. The van der Waals surface area contributed by atoms with Gasteiger partial charge in [-0.25, -0.2) is 0 Å². The van der Waals surface area contributed by atoms with Gasteiger partial charge >= 0.3 is 5.97 Å². The van der Waals surface area contributed by atoms with Crippen molar-refractivity contribution in [2.75, 3.05) is 6.61 Å². The van der Waals surface area contributed by atoms with Crippen LogP contribution in [-0.4, -0.2) is 98.7 Å². The van der Waals surface area contributed by atoms with Crippen molar-refractivity contribution in [2.24, 2.45) is 16.8 Å². The Balaban J connectivity index is 1.30. The Hall–Kier alpha value is -2.18. The van der Waals surface area contributed by atoms with Gasteiger partial charge in [0.25, 0.3) is 0 Å². The third kappa shape index (κ3) is 2.95. The number of carbonyl (C=O) groups excluding carboxylic acids is 1. The molecule has 1 aromatic rings. The van der Waals surface area contributed by atoms with Gasteiger partial charge in [0.2, 0.25) is 0 Å². The second-order valence-electron chi connectivity index (χ2n) is 11.1. The molecule has 6 fully saturated rings. The van der Waals surface area contributed by atoms with Crippen molar-refractivity contribution < 1.29 is 39.4 Å². The highest BCUT2D eigenvalue weighted by molar-refractivity contribution is 6.08. The predicted molar refractivity (Wildman–Crippen MR) is 129 cm³/mol. The van der Waals surface area contributed by atoms with Crippen LogP contribution in [0.3, 0.4) is 0 Å². The van der Waals surface area contributed by atoms with E-state index in [2.05, 4.69) is 11.0 Å². The number of hydrogen-bond donors (Lipinski definition) is 4. The molecular weight excluding hydrogens is 480 g/mol. The van der Waals surface area contributed by atoms with E-state index in [1.54, 1.807) is 0 Å². The highest BCUT2D eigenvalue weighted by Gasteiger charge is 2.75. The van der Waals surface area contributed by atoms with Crippen LogP contribution in [0.5, 0.6) is 0 Å². The van der Waals surface area contributed by atoms with Crippen molar-refractivity contribution in [3.63, 3.8) is 0 Å². The minimum Gasteiger partial charge on any atom is -0.461 e. The third-order valence-corrected chi connectivity index (χ3v) is 9.62. The number of nitrogens with zero attached hydrogens (tertiary/aromatic N) is 2. The number of fused-ring (bicyclic) bond motifs is 2. The number of piperidine rings is 4. The van der Waals surface area contributed by atoms with Crippen molar-refractivity contribution in [2.45, 2.75) is 87.2 Å². The summed E-state index contributed by atoms with van der Waals surface area (Å²) in [5.41, 5.74) is 3.57. The van der Waals surface area contributed by atoms with Crippen molar-refractivity contribution >= 4 is 17.4 Å². The molecular formula is C27H32N2O8. The Morgan fingerprint density at radius 1 is 1.24 bits per heavy atom. The highest BCUT2D eigenvalue weighted by atomic mass is 16.7. The molecule has 8 rings (SSSR count). The number of benzene rings is 1. The van der Waals surface area contributed by atoms with Crippen molar-refractivity contribution in [3.05, 3.63) is 41.5 Å². The fraction of sp³-hybridized carbons (Fsp3) is 0.630. The smallest absolute Gasteiger partial charge is 0.302 e. The van der Waals surface area contributed by atoms with Gasteiger partial charge in [-0.05, 0) is 42.9 Å². The first-order chi connectivity index (χ1) is 17.8. The summed E-state index contributed by atoms with van der Waals surface area (Å²) < 4.78 is 18.3. The molecule has 13 atom stereocenters. The van der Waals surface area contributed by atoms with E-state index in [0.29, 0.717) is 0 Å². The number of para-hydroxylation sites is 1. The van der Waals surface area contributed by atoms with E-state index in [4.69, 9.17) is 19.2 Å². The van der Waals surface area contributed by atoms with Gasteiger partial charge < -0.3 is 34.6 Å². The number of allylic oxidation sites excluding steroid dienone is 1. The second-order valence-corrected chi connectivity index (χ2v) is 11.1. The molecule has 0 radical (unpaired) electrons. The largest absolute Gasteiger partial charge is 0.461 e. The summed E-state index contributed by atoms with van der Waals surface area (Å²) in [4.78, 5) is 19.8. The fourth-order valence-electron chi connectivity index (χ4n) is 8.32. The van der Waals surface area contributed by atoms with Gasteiger partial charge in [0, 0.05) is 18.9 Å². The van der Waals surface area contributed by atoms with E-state index in [1.807, 2.05) is 31.2 Å². The van der Waals surface area contributed by atoms with E-state index < -0.39 is 49.0 Å². The van der Waals surface area contributed by atoms with Crippen LogP contribution < -0.4 is 0 Å². The zero-order valence-electron chi connectivity index (χ0n) is 20.7. The lowest BCUT2D eigenvalue weighted by Crippen LogP contribution is -2.70. The van der Waals surface area contributed by atoms with Crippen molar-refractivity contribution in [3.8, 4) is 0 Å². The molecule has 10 heteroatoms. The number of aliphatic imine (C=N–C) groups is 1. The Morgan fingerprint density at radius 2 is 2.03 bits per heavy atom. The molecule has 1 aliphatic carbocycles. The zero-order valence-corrected chi connectivity index (χ0v) is 20.7. The molecule has 5 bridgehead atoms. The molecule has 198 valence electrons. The Kier molecular flexibility index (Phi) is 5.27. The summed E-state index contributed by atoms with van der Waals surface area (Å²) in [6, 6.07) is 8.10. The molecule has 1 saturated carbocycles. The van der Waals surface area contributed by atoms with Crippen LogP contribution in [0, 0.1) is 11.8 Å². The van der Waals surface area contributed by atoms with Crippen molar-refractivity contribution in [1.82, 2.24) is 4.90 Å². The summed E-state index contributed by atoms with van der Waals surface area (Å²) in [6.45, 7) is 2.89. The first-order valence-electron chi connectivity index (χ1n) is 13.1. The first-order valence-corrected chi connectivity index (χ1v) is 13.1. The monoisotopic (exact) mass is 512 g/mol. The average molecular weight is 513 g/mol. The average Bonchev–Trinajstić information content (AvgIpc) is 3.36. The second kappa shape index (κ2) is 8.16. The molecule has 10 nitrogen and oxygen atoms in total. The summed E-state index contributed by atoms with van der Waals surface area (Å²) in [5, 5.41) is 40.9. The third-order valence-electron chi connectivity index (χ3n) is 9.62. The molecule has 5 saturated heterocycles. The standard InChI is InChI=1S/C27H32N2O8/c1-3-12-13-8-16-23-27(14-6-4-5-7-15(14)28-23)9-17(19(13)24(27)35-11(2)31)29(16)25(12)37-26-22(34)21(33)20(32)18(10-30)36-26/h3-7,13,16-22,24-26,30,32-34H,8-10H2,1-2H3/b12-3+/t13-,16+,17-,18-,19+,20-,21+,22-,24-,25+,26+,27?/m0/s1. The number of ether oxygens (including phenoxy) is 3. The fourth-order valence-corrected chi connectivity index (χ4v) is 8.32. The normalized spacial score (nSPS) is 49.7. The lowest BCUT2D eigenvalue weighted by molar-refractivity contribution is -0.328. The van der Waals surface area contributed by atoms with Crippen LogP contribution in [0.15, 0.2) is 40.9 Å². The van der Waals surface area contributed by atoms with Gasteiger partial charge in [0.1, 0.15) is 36.7 Å².